The molecule has 0 radical (unpaired) electrons. The highest BCUT2D eigenvalue weighted by Crippen LogP contribution is 2.34. The monoisotopic (exact) mass is 271 g/mol. The number of hydrogen-bond donors (Lipinski definition) is 1. The first-order valence-corrected chi connectivity index (χ1v) is 6.92. The quantitative estimate of drug-likeness (QED) is 0.931. The molecule has 1 aromatic heterocycles. The van der Waals surface area contributed by atoms with E-state index in [2.05, 4.69) is 14.8 Å². The zero-order valence-electron chi connectivity index (χ0n) is 11.4. The third-order valence-electron chi connectivity index (χ3n) is 3.95. The maximum Gasteiger partial charge on any atom is 0.336 e. The molecule has 0 bridgehead atoms. The van der Waals surface area contributed by atoms with Gasteiger partial charge >= 0.3 is 5.97 Å². The van der Waals surface area contributed by atoms with Crippen molar-refractivity contribution in [3.8, 4) is 11.4 Å². The molecule has 1 heterocycles. The molecule has 104 valence electrons. The van der Waals surface area contributed by atoms with E-state index in [4.69, 9.17) is 0 Å². The van der Waals surface area contributed by atoms with Crippen molar-refractivity contribution >= 4 is 5.97 Å². The standard InChI is InChI=1S/C15H17N3O2/c1-10-16-17-14(18(10)11-6-2-3-7-11)12-8-4-5-9-13(12)15(19)20/h4-5,8-9,11H,2-3,6-7H2,1H3,(H,19,20). The van der Waals surface area contributed by atoms with E-state index in [1.54, 1.807) is 18.2 Å². The van der Waals surface area contributed by atoms with E-state index in [-0.39, 0.29) is 5.56 Å². The maximum atomic E-state index is 11.4. The van der Waals surface area contributed by atoms with Gasteiger partial charge in [-0.15, -0.1) is 10.2 Å². The van der Waals surface area contributed by atoms with Crippen LogP contribution >= 0.6 is 0 Å². The first-order valence-electron chi connectivity index (χ1n) is 6.92. The Bertz CT molecular complexity index is 642. The van der Waals surface area contributed by atoms with Gasteiger partial charge in [0.1, 0.15) is 5.82 Å². The molecule has 2 aromatic rings. The molecule has 5 nitrogen and oxygen atoms in total. The van der Waals surface area contributed by atoms with Crippen LogP contribution in [0.5, 0.6) is 0 Å². The largest absolute Gasteiger partial charge is 0.478 e. The predicted octanol–water partition coefficient (Wildman–Crippen LogP) is 3.07. The summed E-state index contributed by atoms with van der Waals surface area (Å²) in [5.41, 5.74) is 0.923. The molecule has 1 aliphatic carbocycles. The number of carboxylic acids is 1. The van der Waals surface area contributed by atoms with Crippen molar-refractivity contribution in [1.82, 2.24) is 14.8 Å². The van der Waals surface area contributed by atoms with Gasteiger partial charge in [-0.1, -0.05) is 31.0 Å². The fourth-order valence-corrected chi connectivity index (χ4v) is 3.02. The molecule has 0 saturated heterocycles. The van der Waals surface area contributed by atoms with E-state index in [9.17, 15) is 9.90 Å². The average Bonchev–Trinajstić information content (AvgIpc) is 3.07. The molecular formula is C15H17N3O2. The number of aromatic nitrogens is 3. The Morgan fingerprint density at radius 1 is 1.25 bits per heavy atom. The Morgan fingerprint density at radius 3 is 2.65 bits per heavy atom. The van der Waals surface area contributed by atoms with Gasteiger partial charge in [-0.25, -0.2) is 4.79 Å². The molecule has 1 saturated carbocycles. The summed E-state index contributed by atoms with van der Waals surface area (Å²) >= 11 is 0. The van der Waals surface area contributed by atoms with E-state index in [0.29, 0.717) is 17.4 Å². The van der Waals surface area contributed by atoms with Crippen LogP contribution in [0.3, 0.4) is 0 Å². The summed E-state index contributed by atoms with van der Waals surface area (Å²) in [6.45, 7) is 1.93. The summed E-state index contributed by atoms with van der Waals surface area (Å²) < 4.78 is 2.11. The second kappa shape index (κ2) is 5.07. The summed E-state index contributed by atoms with van der Waals surface area (Å²) in [4.78, 5) is 11.4. The van der Waals surface area contributed by atoms with Crippen molar-refractivity contribution in [2.75, 3.05) is 0 Å². The molecule has 3 rings (SSSR count). The number of carbonyl (C=O) groups is 1. The van der Waals surface area contributed by atoms with Crippen molar-refractivity contribution in [3.63, 3.8) is 0 Å². The van der Waals surface area contributed by atoms with Crippen LogP contribution in [0.4, 0.5) is 0 Å². The van der Waals surface area contributed by atoms with Gasteiger partial charge in [-0.2, -0.15) is 0 Å². The van der Waals surface area contributed by atoms with Crippen LogP contribution in [-0.4, -0.2) is 25.8 Å². The molecule has 0 amide bonds. The Morgan fingerprint density at radius 2 is 1.95 bits per heavy atom. The minimum absolute atomic E-state index is 0.277. The van der Waals surface area contributed by atoms with Gasteiger partial charge in [0.05, 0.1) is 5.56 Å². The van der Waals surface area contributed by atoms with Crippen LogP contribution in [0.2, 0.25) is 0 Å². The van der Waals surface area contributed by atoms with Crippen molar-refractivity contribution < 1.29 is 9.90 Å². The van der Waals surface area contributed by atoms with Gasteiger partial charge < -0.3 is 9.67 Å². The minimum Gasteiger partial charge on any atom is -0.478 e. The van der Waals surface area contributed by atoms with E-state index < -0.39 is 5.97 Å². The number of hydrogen-bond acceptors (Lipinski definition) is 3. The lowest BCUT2D eigenvalue weighted by molar-refractivity contribution is 0.0697. The Balaban J connectivity index is 2.13. The van der Waals surface area contributed by atoms with Crippen LogP contribution in [0.15, 0.2) is 24.3 Å². The number of nitrogens with zero attached hydrogens (tertiary/aromatic N) is 3. The smallest absolute Gasteiger partial charge is 0.336 e. The maximum absolute atomic E-state index is 11.4. The zero-order chi connectivity index (χ0) is 14.1. The lowest BCUT2D eigenvalue weighted by atomic mass is 10.1. The molecule has 1 fully saturated rings. The highest BCUT2D eigenvalue weighted by atomic mass is 16.4. The van der Waals surface area contributed by atoms with Crippen LogP contribution in [-0.2, 0) is 0 Å². The summed E-state index contributed by atoms with van der Waals surface area (Å²) in [6, 6.07) is 7.38. The first kappa shape index (κ1) is 12.8. The average molecular weight is 271 g/mol. The lowest BCUT2D eigenvalue weighted by Crippen LogP contribution is -2.10. The van der Waals surface area contributed by atoms with E-state index >= 15 is 0 Å². The Kier molecular flexibility index (Phi) is 3.26. The third-order valence-corrected chi connectivity index (χ3v) is 3.95. The molecule has 0 spiro atoms. The topological polar surface area (TPSA) is 68.0 Å². The summed E-state index contributed by atoms with van der Waals surface area (Å²) in [6.07, 6.45) is 4.65. The molecule has 1 N–H and O–H groups in total. The second-order valence-electron chi connectivity index (χ2n) is 5.23. The number of aryl methyl sites for hydroxylation is 1. The normalized spacial score (nSPS) is 15.7. The zero-order valence-corrected chi connectivity index (χ0v) is 11.4. The van der Waals surface area contributed by atoms with Crippen LogP contribution in [0.25, 0.3) is 11.4 Å². The van der Waals surface area contributed by atoms with Crippen LogP contribution in [0, 0.1) is 6.92 Å². The molecule has 1 aliphatic rings. The lowest BCUT2D eigenvalue weighted by Gasteiger charge is -2.16. The SMILES string of the molecule is Cc1nnc(-c2ccccc2C(=O)O)n1C1CCCC1. The van der Waals surface area contributed by atoms with Crippen molar-refractivity contribution in [2.24, 2.45) is 0 Å². The number of rotatable bonds is 3. The van der Waals surface area contributed by atoms with Crippen LogP contribution in [0.1, 0.15) is 47.9 Å². The molecular weight excluding hydrogens is 254 g/mol. The van der Waals surface area contributed by atoms with Gasteiger partial charge in [-0.05, 0) is 25.8 Å². The predicted molar refractivity (Wildman–Crippen MR) is 74.7 cm³/mol. The molecule has 1 aromatic carbocycles. The van der Waals surface area contributed by atoms with Gasteiger partial charge in [0.15, 0.2) is 5.82 Å². The third kappa shape index (κ3) is 2.09. The second-order valence-corrected chi connectivity index (χ2v) is 5.23. The highest BCUT2D eigenvalue weighted by molar-refractivity contribution is 5.95. The van der Waals surface area contributed by atoms with E-state index in [1.165, 1.54) is 12.8 Å². The Labute approximate surface area is 117 Å². The van der Waals surface area contributed by atoms with Gasteiger partial charge in [-0.3, -0.25) is 0 Å². The molecule has 5 heteroatoms. The minimum atomic E-state index is -0.931. The summed E-state index contributed by atoms with van der Waals surface area (Å²) in [5.74, 6) is 0.596. The van der Waals surface area contributed by atoms with Gasteiger partial charge in [0.2, 0.25) is 0 Å². The number of carboxylic acid groups (broad SMARTS) is 1. The first-order chi connectivity index (χ1) is 9.68. The summed E-state index contributed by atoms with van der Waals surface area (Å²) in [5, 5.41) is 17.7. The summed E-state index contributed by atoms with van der Waals surface area (Å²) in [7, 11) is 0. The number of aromatic carboxylic acids is 1. The highest BCUT2D eigenvalue weighted by Gasteiger charge is 2.24. The molecule has 0 atom stereocenters. The fourth-order valence-electron chi connectivity index (χ4n) is 3.02. The molecule has 20 heavy (non-hydrogen) atoms. The van der Waals surface area contributed by atoms with Gasteiger partial charge in [0.25, 0.3) is 0 Å². The molecule has 0 unspecified atom stereocenters. The van der Waals surface area contributed by atoms with Crippen molar-refractivity contribution in [2.45, 2.75) is 38.6 Å². The number of benzene rings is 1. The van der Waals surface area contributed by atoms with Crippen molar-refractivity contribution in [1.29, 1.82) is 0 Å². The Hall–Kier alpha value is -2.17. The fraction of sp³-hybridized carbons (Fsp3) is 0.400. The van der Waals surface area contributed by atoms with E-state index in [1.807, 2.05) is 13.0 Å². The van der Waals surface area contributed by atoms with Crippen LogP contribution < -0.4 is 0 Å². The van der Waals surface area contributed by atoms with Crippen molar-refractivity contribution in [3.05, 3.63) is 35.7 Å². The van der Waals surface area contributed by atoms with E-state index in [0.717, 1.165) is 18.7 Å². The van der Waals surface area contributed by atoms with Gasteiger partial charge in [0, 0.05) is 11.6 Å². The molecule has 0 aliphatic heterocycles.